The molecule has 0 aliphatic heterocycles. The zero-order valence-corrected chi connectivity index (χ0v) is 14.9. The SMILES string of the molecule is NC(=O)OCCCNc1cc(NCc2cccc(Cl)c2Cl)c(N)cn1. The Bertz CT molecular complexity index is 742. The molecule has 0 unspecified atom stereocenters. The van der Waals surface area contributed by atoms with Crippen molar-refractivity contribution < 1.29 is 9.53 Å². The van der Waals surface area contributed by atoms with E-state index < -0.39 is 6.09 Å². The van der Waals surface area contributed by atoms with Gasteiger partial charge in [-0.25, -0.2) is 9.78 Å². The molecule has 25 heavy (non-hydrogen) atoms. The number of amides is 1. The molecule has 0 radical (unpaired) electrons. The van der Waals surface area contributed by atoms with Gasteiger partial charge in [0.15, 0.2) is 0 Å². The van der Waals surface area contributed by atoms with E-state index in [4.69, 9.17) is 34.7 Å². The highest BCUT2D eigenvalue weighted by Crippen LogP contribution is 2.27. The number of ether oxygens (including phenoxy) is 1. The quantitative estimate of drug-likeness (QED) is 0.518. The van der Waals surface area contributed by atoms with Crippen LogP contribution in [0.4, 0.5) is 22.0 Å². The first-order valence-corrected chi connectivity index (χ1v) is 8.31. The Kier molecular flexibility index (Phi) is 6.97. The zero-order valence-electron chi connectivity index (χ0n) is 13.4. The van der Waals surface area contributed by atoms with Crippen LogP contribution in [0.2, 0.25) is 10.0 Å². The molecule has 0 saturated carbocycles. The van der Waals surface area contributed by atoms with Crippen LogP contribution in [0.25, 0.3) is 0 Å². The molecule has 9 heteroatoms. The molecule has 6 N–H and O–H groups in total. The number of nitrogens with two attached hydrogens (primary N) is 2. The fourth-order valence-electron chi connectivity index (χ4n) is 2.05. The first kappa shape index (κ1) is 19.0. The van der Waals surface area contributed by atoms with Gasteiger partial charge >= 0.3 is 6.09 Å². The maximum atomic E-state index is 10.5. The van der Waals surface area contributed by atoms with Crippen molar-refractivity contribution in [1.29, 1.82) is 0 Å². The minimum Gasteiger partial charge on any atom is -0.450 e. The van der Waals surface area contributed by atoms with Crippen LogP contribution in [0, 0.1) is 0 Å². The number of carbonyl (C=O) groups excluding carboxylic acids is 1. The summed E-state index contributed by atoms with van der Waals surface area (Å²) in [5.41, 5.74) is 12.9. The van der Waals surface area contributed by atoms with Crippen molar-refractivity contribution in [2.75, 3.05) is 29.5 Å². The van der Waals surface area contributed by atoms with Crippen molar-refractivity contribution in [1.82, 2.24) is 4.98 Å². The maximum Gasteiger partial charge on any atom is 0.404 e. The Balaban J connectivity index is 1.92. The lowest BCUT2D eigenvalue weighted by atomic mass is 10.2. The van der Waals surface area contributed by atoms with Gasteiger partial charge in [0.2, 0.25) is 0 Å². The van der Waals surface area contributed by atoms with Crippen LogP contribution >= 0.6 is 23.2 Å². The highest BCUT2D eigenvalue weighted by atomic mass is 35.5. The van der Waals surface area contributed by atoms with Gasteiger partial charge in [-0.3, -0.25) is 0 Å². The third-order valence-electron chi connectivity index (χ3n) is 3.31. The summed E-state index contributed by atoms with van der Waals surface area (Å²) >= 11 is 12.2. The third kappa shape index (κ3) is 5.88. The van der Waals surface area contributed by atoms with Crippen molar-refractivity contribution >= 4 is 46.5 Å². The molecule has 0 aliphatic carbocycles. The van der Waals surface area contributed by atoms with E-state index in [2.05, 4.69) is 20.4 Å². The van der Waals surface area contributed by atoms with E-state index in [1.165, 1.54) is 0 Å². The zero-order chi connectivity index (χ0) is 18.2. The Labute approximate surface area is 155 Å². The molecular weight excluding hydrogens is 365 g/mol. The summed E-state index contributed by atoms with van der Waals surface area (Å²) in [7, 11) is 0. The third-order valence-corrected chi connectivity index (χ3v) is 4.17. The van der Waals surface area contributed by atoms with Gasteiger partial charge in [0.25, 0.3) is 0 Å². The van der Waals surface area contributed by atoms with E-state index in [-0.39, 0.29) is 6.61 Å². The Morgan fingerprint density at radius 1 is 1.28 bits per heavy atom. The first-order chi connectivity index (χ1) is 12.0. The monoisotopic (exact) mass is 383 g/mol. The number of hydrogen-bond acceptors (Lipinski definition) is 6. The molecule has 1 heterocycles. The summed E-state index contributed by atoms with van der Waals surface area (Å²) in [4.78, 5) is 14.7. The first-order valence-electron chi connectivity index (χ1n) is 7.55. The number of hydrogen-bond donors (Lipinski definition) is 4. The molecule has 1 aromatic heterocycles. The molecule has 0 bridgehead atoms. The number of halogens is 2. The van der Waals surface area contributed by atoms with Crippen LogP contribution in [-0.4, -0.2) is 24.2 Å². The summed E-state index contributed by atoms with van der Waals surface area (Å²) in [5.74, 6) is 0.646. The number of aromatic nitrogens is 1. The predicted molar refractivity (Wildman–Crippen MR) is 101 cm³/mol. The largest absolute Gasteiger partial charge is 0.450 e. The summed E-state index contributed by atoms with van der Waals surface area (Å²) < 4.78 is 4.65. The fourth-order valence-corrected chi connectivity index (χ4v) is 2.44. The standard InChI is InChI=1S/C16H19Cl2N5O2/c17-11-4-1-3-10(15(11)18)8-22-13-7-14(23-9-12(13)19)21-5-2-6-25-16(20)24/h1,3-4,7,9H,2,5-6,8,19H2,(H2,20,24)(H2,21,22,23). The second-order valence-corrected chi connectivity index (χ2v) is 5.96. The molecule has 2 rings (SSSR count). The minimum atomic E-state index is -0.781. The number of nitrogen functional groups attached to an aromatic ring is 1. The minimum absolute atomic E-state index is 0.246. The van der Waals surface area contributed by atoms with Gasteiger partial charge < -0.3 is 26.8 Å². The van der Waals surface area contributed by atoms with Crippen LogP contribution in [0.1, 0.15) is 12.0 Å². The number of primary amides is 1. The Hall–Kier alpha value is -2.38. The van der Waals surface area contributed by atoms with Crippen molar-refractivity contribution in [3.05, 3.63) is 46.1 Å². The molecule has 134 valence electrons. The molecule has 1 amide bonds. The van der Waals surface area contributed by atoms with Gasteiger partial charge in [-0.15, -0.1) is 0 Å². The van der Waals surface area contributed by atoms with Crippen molar-refractivity contribution in [2.45, 2.75) is 13.0 Å². The number of pyridine rings is 1. The van der Waals surface area contributed by atoms with E-state index in [9.17, 15) is 4.79 Å². The molecule has 0 aliphatic rings. The molecular formula is C16H19Cl2N5O2. The van der Waals surface area contributed by atoms with Gasteiger partial charge in [0.1, 0.15) is 5.82 Å². The van der Waals surface area contributed by atoms with Gasteiger partial charge in [-0.2, -0.15) is 0 Å². The average Bonchev–Trinajstić information content (AvgIpc) is 2.57. The summed E-state index contributed by atoms with van der Waals surface area (Å²) in [6.45, 7) is 1.29. The number of rotatable bonds is 8. The lowest BCUT2D eigenvalue weighted by Gasteiger charge is -2.13. The van der Waals surface area contributed by atoms with E-state index >= 15 is 0 Å². The Morgan fingerprint density at radius 3 is 2.84 bits per heavy atom. The summed E-state index contributed by atoms with van der Waals surface area (Å²) in [6.07, 6.45) is 1.39. The van der Waals surface area contributed by atoms with Gasteiger partial charge in [-0.05, 0) is 18.1 Å². The highest BCUT2D eigenvalue weighted by molar-refractivity contribution is 6.42. The van der Waals surface area contributed by atoms with Crippen LogP contribution in [0.15, 0.2) is 30.5 Å². The van der Waals surface area contributed by atoms with Gasteiger partial charge in [-0.1, -0.05) is 35.3 Å². The topological polar surface area (TPSA) is 115 Å². The average molecular weight is 384 g/mol. The van der Waals surface area contributed by atoms with E-state index in [1.807, 2.05) is 12.1 Å². The number of nitrogens with zero attached hydrogens (tertiary/aromatic N) is 1. The lowest BCUT2D eigenvalue weighted by Crippen LogP contribution is -2.15. The molecule has 0 saturated heterocycles. The van der Waals surface area contributed by atoms with E-state index in [1.54, 1.807) is 18.3 Å². The van der Waals surface area contributed by atoms with Crippen LogP contribution < -0.4 is 22.1 Å². The number of anilines is 3. The number of benzene rings is 1. The lowest BCUT2D eigenvalue weighted by molar-refractivity contribution is 0.156. The normalized spacial score (nSPS) is 10.3. The van der Waals surface area contributed by atoms with Crippen molar-refractivity contribution in [3.63, 3.8) is 0 Å². The van der Waals surface area contributed by atoms with Gasteiger partial charge in [0.05, 0.1) is 34.2 Å². The fraction of sp³-hybridized carbons (Fsp3) is 0.250. The van der Waals surface area contributed by atoms with Crippen LogP contribution in [0.3, 0.4) is 0 Å². The summed E-state index contributed by atoms with van der Waals surface area (Å²) in [6, 6.07) is 7.25. The molecule has 1 aromatic carbocycles. The smallest absolute Gasteiger partial charge is 0.404 e. The molecule has 0 spiro atoms. The molecule has 2 aromatic rings. The van der Waals surface area contributed by atoms with Crippen molar-refractivity contribution in [2.24, 2.45) is 5.73 Å². The predicted octanol–water partition coefficient (Wildman–Crippen LogP) is 3.48. The second-order valence-electron chi connectivity index (χ2n) is 5.17. The number of carbonyl (C=O) groups is 1. The highest BCUT2D eigenvalue weighted by Gasteiger charge is 2.06. The van der Waals surface area contributed by atoms with Crippen molar-refractivity contribution in [3.8, 4) is 0 Å². The summed E-state index contributed by atoms with van der Waals surface area (Å²) in [5, 5.41) is 7.35. The van der Waals surface area contributed by atoms with Gasteiger partial charge in [0, 0.05) is 19.2 Å². The van der Waals surface area contributed by atoms with Crippen LogP contribution in [-0.2, 0) is 11.3 Å². The Morgan fingerprint density at radius 2 is 2.08 bits per heavy atom. The van der Waals surface area contributed by atoms with Crippen LogP contribution in [0.5, 0.6) is 0 Å². The van der Waals surface area contributed by atoms with E-state index in [0.717, 1.165) is 11.3 Å². The molecule has 7 nitrogen and oxygen atoms in total. The second kappa shape index (κ2) is 9.19. The number of nitrogens with one attached hydrogen (secondary N) is 2. The molecule has 0 fully saturated rings. The molecule has 0 atom stereocenters. The van der Waals surface area contributed by atoms with E-state index in [0.29, 0.717) is 41.1 Å². The maximum absolute atomic E-state index is 10.5.